The molecule has 3 heteroatoms. The molecule has 0 aliphatic rings. The molecule has 0 radical (unpaired) electrons. The number of nitrogens with zero attached hydrogens (tertiary/aromatic N) is 1. The average molecular weight is 195 g/mol. The second kappa shape index (κ2) is 5.62. The highest BCUT2D eigenvalue weighted by Crippen LogP contribution is 2.14. The maximum atomic E-state index is 8.87. The first-order chi connectivity index (χ1) is 6.81. The van der Waals surface area contributed by atoms with Gasteiger partial charge in [0.05, 0.1) is 13.2 Å². The van der Waals surface area contributed by atoms with Crippen LogP contribution in [0.5, 0.6) is 0 Å². The Morgan fingerprint density at radius 1 is 1.14 bits per heavy atom. The topological polar surface area (TPSA) is 43.7 Å². The molecule has 0 spiro atoms. The first-order valence-electron chi connectivity index (χ1n) is 4.87. The molecule has 0 aromatic heterocycles. The van der Waals surface area contributed by atoms with Crippen molar-refractivity contribution in [1.82, 2.24) is 0 Å². The lowest BCUT2D eigenvalue weighted by Crippen LogP contribution is -2.25. The first-order valence-corrected chi connectivity index (χ1v) is 4.87. The van der Waals surface area contributed by atoms with E-state index >= 15 is 0 Å². The molecule has 0 unspecified atom stereocenters. The zero-order valence-electron chi connectivity index (χ0n) is 8.48. The Morgan fingerprint density at radius 2 is 1.79 bits per heavy atom. The predicted octanol–water partition coefficient (Wildman–Crippen LogP) is 0.998. The summed E-state index contributed by atoms with van der Waals surface area (Å²) in [6.07, 6.45) is 0. The quantitative estimate of drug-likeness (QED) is 0.736. The summed E-state index contributed by atoms with van der Waals surface area (Å²) in [6.45, 7) is 3.81. The van der Waals surface area contributed by atoms with Crippen LogP contribution in [0, 0.1) is 0 Å². The number of hydrogen-bond donors (Lipinski definition) is 2. The van der Waals surface area contributed by atoms with Crippen molar-refractivity contribution in [2.24, 2.45) is 0 Å². The molecule has 1 rings (SSSR count). The number of rotatable bonds is 5. The number of benzene rings is 1. The third kappa shape index (κ3) is 2.72. The van der Waals surface area contributed by atoms with Gasteiger partial charge in [-0.15, -0.1) is 0 Å². The molecular formula is C11H17NO2. The number of aliphatic hydroxyl groups is 2. The van der Waals surface area contributed by atoms with Crippen molar-refractivity contribution in [3.8, 4) is 0 Å². The highest BCUT2D eigenvalue weighted by atomic mass is 16.3. The van der Waals surface area contributed by atoms with E-state index in [9.17, 15) is 0 Å². The summed E-state index contributed by atoms with van der Waals surface area (Å²) in [5.41, 5.74) is 1.99. The summed E-state index contributed by atoms with van der Waals surface area (Å²) in [5.74, 6) is 0. The van der Waals surface area contributed by atoms with Crippen LogP contribution in [0.4, 0.5) is 5.69 Å². The summed E-state index contributed by atoms with van der Waals surface area (Å²) < 4.78 is 0. The molecule has 0 aliphatic carbocycles. The van der Waals surface area contributed by atoms with Crippen molar-refractivity contribution in [1.29, 1.82) is 0 Å². The van der Waals surface area contributed by atoms with Crippen LogP contribution in [-0.2, 0) is 6.61 Å². The van der Waals surface area contributed by atoms with E-state index in [1.54, 1.807) is 0 Å². The van der Waals surface area contributed by atoms with Crippen LogP contribution in [0.2, 0.25) is 0 Å². The lowest BCUT2D eigenvalue weighted by molar-refractivity contribution is 0.282. The highest BCUT2D eigenvalue weighted by Gasteiger charge is 2.02. The van der Waals surface area contributed by atoms with Gasteiger partial charge < -0.3 is 15.1 Å². The van der Waals surface area contributed by atoms with Crippen molar-refractivity contribution in [3.63, 3.8) is 0 Å². The van der Waals surface area contributed by atoms with E-state index in [2.05, 4.69) is 11.8 Å². The van der Waals surface area contributed by atoms with Crippen LogP contribution in [0.15, 0.2) is 24.3 Å². The second-order valence-corrected chi connectivity index (χ2v) is 3.13. The third-order valence-corrected chi connectivity index (χ3v) is 2.24. The summed E-state index contributed by atoms with van der Waals surface area (Å²) in [7, 11) is 0. The molecule has 78 valence electrons. The Labute approximate surface area is 84.6 Å². The van der Waals surface area contributed by atoms with Gasteiger partial charge in [-0.3, -0.25) is 0 Å². The van der Waals surface area contributed by atoms with E-state index in [1.807, 2.05) is 24.3 Å². The molecular weight excluding hydrogens is 178 g/mol. The van der Waals surface area contributed by atoms with Crippen molar-refractivity contribution >= 4 is 5.69 Å². The number of likely N-dealkylation sites (N-methyl/N-ethyl adjacent to an activating group) is 1. The standard InChI is InChI=1S/C11H17NO2/c1-2-12(7-8-13)11-5-3-10(9-14)4-6-11/h3-6,13-14H,2,7-9H2,1H3. The fraction of sp³-hybridized carbons (Fsp3) is 0.455. The molecule has 1 aromatic carbocycles. The fourth-order valence-corrected chi connectivity index (χ4v) is 1.40. The van der Waals surface area contributed by atoms with Crippen LogP contribution in [0.25, 0.3) is 0 Å². The Hall–Kier alpha value is -1.06. The number of anilines is 1. The molecule has 0 saturated carbocycles. The molecule has 0 heterocycles. The highest BCUT2D eigenvalue weighted by molar-refractivity contribution is 5.47. The van der Waals surface area contributed by atoms with Gasteiger partial charge in [-0.2, -0.15) is 0 Å². The van der Waals surface area contributed by atoms with Gasteiger partial charge in [0.25, 0.3) is 0 Å². The van der Waals surface area contributed by atoms with Crippen LogP contribution < -0.4 is 4.90 Å². The van der Waals surface area contributed by atoms with Crippen LogP contribution >= 0.6 is 0 Å². The summed E-state index contributed by atoms with van der Waals surface area (Å²) in [5, 5.41) is 17.7. The maximum absolute atomic E-state index is 8.87. The van der Waals surface area contributed by atoms with Gasteiger partial charge in [0.2, 0.25) is 0 Å². The van der Waals surface area contributed by atoms with Gasteiger partial charge >= 0.3 is 0 Å². The van der Waals surface area contributed by atoms with E-state index in [0.29, 0.717) is 6.54 Å². The molecule has 0 atom stereocenters. The van der Waals surface area contributed by atoms with Gasteiger partial charge in [0.15, 0.2) is 0 Å². The van der Waals surface area contributed by atoms with E-state index in [0.717, 1.165) is 17.8 Å². The number of aliphatic hydroxyl groups excluding tert-OH is 2. The lowest BCUT2D eigenvalue weighted by atomic mass is 10.2. The average Bonchev–Trinajstić information content (AvgIpc) is 2.26. The Bertz CT molecular complexity index is 258. The normalized spacial score (nSPS) is 10.2. The fourth-order valence-electron chi connectivity index (χ4n) is 1.40. The Kier molecular flexibility index (Phi) is 4.43. The minimum atomic E-state index is 0.0758. The van der Waals surface area contributed by atoms with Gasteiger partial charge in [-0.05, 0) is 24.6 Å². The van der Waals surface area contributed by atoms with Crippen molar-refractivity contribution in [2.75, 3.05) is 24.6 Å². The zero-order chi connectivity index (χ0) is 10.4. The van der Waals surface area contributed by atoms with E-state index in [4.69, 9.17) is 10.2 Å². The van der Waals surface area contributed by atoms with E-state index in [-0.39, 0.29) is 13.2 Å². The third-order valence-electron chi connectivity index (χ3n) is 2.24. The van der Waals surface area contributed by atoms with Gasteiger partial charge in [0.1, 0.15) is 0 Å². The predicted molar refractivity (Wildman–Crippen MR) is 57.3 cm³/mol. The second-order valence-electron chi connectivity index (χ2n) is 3.13. The monoisotopic (exact) mass is 195 g/mol. The molecule has 0 aliphatic heterocycles. The summed E-state index contributed by atoms with van der Waals surface area (Å²) >= 11 is 0. The van der Waals surface area contributed by atoms with E-state index in [1.165, 1.54) is 0 Å². The lowest BCUT2D eigenvalue weighted by Gasteiger charge is -2.21. The molecule has 0 fully saturated rings. The first kappa shape index (κ1) is 11.0. The Balaban J connectivity index is 2.73. The van der Waals surface area contributed by atoms with Crippen LogP contribution in [0.1, 0.15) is 12.5 Å². The van der Waals surface area contributed by atoms with Crippen molar-refractivity contribution < 1.29 is 10.2 Å². The van der Waals surface area contributed by atoms with Gasteiger partial charge in [0, 0.05) is 18.8 Å². The zero-order valence-corrected chi connectivity index (χ0v) is 8.48. The van der Waals surface area contributed by atoms with Crippen LogP contribution in [0.3, 0.4) is 0 Å². The van der Waals surface area contributed by atoms with Gasteiger partial charge in [-0.25, -0.2) is 0 Å². The van der Waals surface area contributed by atoms with Crippen molar-refractivity contribution in [3.05, 3.63) is 29.8 Å². The number of hydrogen-bond acceptors (Lipinski definition) is 3. The largest absolute Gasteiger partial charge is 0.395 e. The minimum absolute atomic E-state index is 0.0758. The summed E-state index contributed by atoms with van der Waals surface area (Å²) in [4.78, 5) is 2.08. The molecule has 3 nitrogen and oxygen atoms in total. The van der Waals surface area contributed by atoms with Gasteiger partial charge in [-0.1, -0.05) is 12.1 Å². The van der Waals surface area contributed by atoms with Crippen LogP contribution in [-0.4, -0.2) is 29.9 Å². The molecule has 0 saturated heterocycles. The molecule has 0 amide bonds. The smallest absolute Gasteiger partial charge is 0.0681 e. The maximum Gasteiger partial charge on any atom is 0.0681 e. The van der Waals surface area contributed by atoms with E-state index < -0.39 is 0 Å². The molecule has 0 bridgehead atoms. The SMILES string of the molecule is CCN(CCO)c1ccc(CO)cc1. The minimum Gasteiger partial charge on any atom is -0.395 e. The molecule has 14 heavy (non-hydrogen) atoms. The molecule has 1 aromatic rings. The summed E-state index contributed by atoms with van der Waals surface area (Å²) in [6, 6.07) is 7.72. The Morgan fingerprint density at radius 3 is 2.21 bits per heavy atom. The molecule has 2 N–H and O–H groups in total. The van der Waals surface area contributed by atoms with Crippen molar-refractivity contribution in [2.45, 2.75) is 13.5 Å².